The summed E-state index contributed by atoms with van der Waals surface area (Å²) < 4.78 is 0. The summed E-state index contributed by atoms with van der Waals surface area (Å²) in [5.41, 5.74) is 1.44. The highest BCUT2D eigenvalue weighted by Crippen LogP contribution is 2.23. The molecule has 21 heavy (non-hydrogen) atoms. The summed E-state index contributed by atoms with van der Waals surface area (Å²) in [5.74, 6) is 0. The minimum absolute atomic E-state index is 0.505. The monoisotopic (exact) mass is 288 g/mol. The molecule has 1 aromatic carbocycles. The van der Waals surface area contributed by atoms with Crippen LogP contribution in [0.1, 0.15) is 64.0 Å². The molecule has 1 saturated heterocycles. The summed E-state index contributed by atoms with van der Waals surface area (Å²) >= 11 is 0. The largest absolute Gasteiger partial charge is 0.310 e. The first-order valence-corrected chi connectivity index (χ1v) is 8.87. The first kappa shape index (κ1) is 16.5. The van der Waals surface area contributed by atoms with Crippen LogP contribution < -0.4 is 5.32 Å². The molecule has 2 atom stereocenters. The van der Waals surface area contributed by atoms with Gasteiger partial charge in [0.15, 0.2) is 0 Å². The van der Waals surface area contributed by atoms with Gasteiger partial charge in [0.05, 0.1) is 0 Å². The van der Waals surface area contributed by atoms with Gasteiger partial charge in [-0.3, -0.25) is 0 Å². The third-order valence-electron chi connectivity index (χ3n) is 4.77. The van der Waals surface area contributed by atoms with Gasteiger partial charge < -0.3 is 10.2 Å². The van der Waals surface area contributed by atoms with Gasteiger partial charge in [-0.1, -0.05) is 50.6 Å². The number of hydrogen-bond acceptors (Lipinski definition) is 2. The van der Waals surface area contributed by atoms with Crippen molar-refractivity contribution in [1.29, 1.82) is 0 Å². The fourth-order valence-corrected chi connectivity index (χ4v) is 3.50. The van der Waals surface area contributed by atoms with E-state index in [1.54, 1.807) is 0 Å². The Morgan fingerprint density at radius 1 is 1.19 bits per heavy atom. The van der Waals surface area contributed by atoms with Gasteiger partial charge in [-0.25, -0.2) is 0 Å². The minimum Gasteiger partial charge on any atom is -0.310 e. The first-order valence-electron chi connectivity index (χ1n) is 8.87. The molecule has 1 aliphatic rings. The van der Waals surface area contributed by atoms with Gasteiger partial charge in [0.25, 0.3) is 0 Å². The maximum absolute atomic E-state index is 3.73. The van der Waals surface area contributed by atoms with Crippen LogP contribution in [0.2, 0.25) is 0 Å². The van der Waals surface area contributed by atoms with Crippen molar-refractivity contribution in [3.63, 3.8) is 0 Å². The van der Waals surface area contributed by atoms with Crippen LogP contribution in [0.5, 0.6) is 0 Å². The topological polar surface area (TPSA) is 15.3 Å². The van der Waals surface area contributed by atoms with Crippen molar-refractivity contribution in [3.05, 3.63) is 35.9 Å². The van der Waals surface area contributed by atoms with Crippen LogP contribution in [-0.4, -0.2) is 30.6 Å². The zero-order valence-corrected chi connectivity index (χ0v) is 13.9. The number of likely N-dealkylation sites (tertiary alicyclic amines) is 1. The van der Waals surface area contributed by atoms with E-state index in [0.29, 0.717) is 6.04 Å². The molecule has 1 aromatic rings. The van der Waals surface area contributed by atoms with E-state index < -0.39 is 0 Å². The second-order valence-electron chi connectivity index (χ2n) is 6.30. The second-order valence-corrected chi connectivity index (χ2v) is 6.30. The van der Waals surface area contributed by atoms with E-state index in [2.05, 4.69) is 54.4 Å². The van der Waals surface area contributed by atoms with Crippen LogP contribution in [0.4, 0.5) is 0 Å². The van der Waals surface area contributed by atoms with Crippen molar-refractivity contribution < 1.29 is 0 Å². The van der Waals surface area contributed by atoms with E-state index >= 15 is 0 Å². The molecule has 0 aliphatic carbocycles. The van der Waals surface area contributed by atoms with E-state index in [1.165, 1.54) is 57.2 Å². The van der Waals surface area contributed by atoms with Gasteiger partial charge in [-0.2, -0.15) is 0 Å². The lowest BCUT2D eigenvalue weighted by atomic mass is 9.98. The highest BCUT2D eigenvalue weighted by molar-refractivity contribution is 5.18. The lowest BCUT2D eigenvalue weighted by Crippen LogP contribution is -2.40. The maximum Gasteiger partial charge on any atom is 0.0332 e. The summed E-state index contributed by atoms with van der Waals surface area (Å²) in [6, 6.07) is 12.3. The third-order valence-corrected chi connectivity index (χ3v) is 4.77. The molecule has 1 heterocycles. The molecule has 0 aromatic heterocycles. The number of hydrogen-bond donors (Lipinski definition) is 1. The SMILES string of the molecule is CCCNC(CCN1CCCCC1CC)c1ccccc1. The Kier molecular flexibility index (Phi) is 7.25. The second kappa shape index (κ2) is 9.22. The standard InChI is InChI=1S/C19H32N2/c1-3-14-20-19(17-10-6-5-7-11-17)13-16-21-15-9-8-12-18(21)4-2/h5-7,10-11,18-20H,3-4,8-9,12-16H2,1-2H3. The first-order chi connectivity index (χ1) is 10.3. The summed E-state index contributed by atoms with van der Waals surface area (Å²) in [7, 11) is 0. The van der Waals surface area contributed by atoms with Gasteiger partial charge >= 0.3 is 0 Å². The number of piperidine rings is 1. The van der Waals surface area contributed by atoms with Crippen molar-refractivity contribution >= 4 is 0 Å². The molecule has 0 spiro atoms. The molecule has 0 radical (unpaired) electrons. The lowest BCUT2D eigenvalue weighted by molar-refractivity contribution is 0.137. The van der Waals surface area contributed by atoms with Gasteiger partial charge in [0.2, 0.25) is 0 Å². The van der Waals surface area contributed by atoms with E-state index in [1.807, 2.05) is 0 Å². The summed E-state index contributed by atoms with van der Waals surface area (Å²) in [5, 5.41) is 3.73. The molecule has 2 nitrogen and oxygen atoms in total. The Hall–Kier alpha value is -0.860. The third kappa shape index (κ3) is 5.12. The van der Waals surface area contributed by atoms with Gasteiger partial charge in [0.1, 0.15) is 0 Å². The fraction of sp³-hybridized carbons (Fsp3) is 0.684. The highest BCUT2D eigenvalue weighted by atomic mass is 15.2. The smallest absolute Gasteiger partial charge is 0.0332 e. The number of nitrogens with zero attached hydrogens (tertiary/aromatic N) is 1. The molecule has 0 amide bonds. The molecule has 1 fully saturated rings. The molecular weight excluding hydrogens is 256 g/mol. The molecule has 118 valence electrons. The minimum atomic E-state index is 0.505. The Labute approximate surface area is 130 Å². The summed E-state index contributed by atoms with van der Waals surface area (Å²) in [6.07, 6.45) is 7.93. The predicted molar refractivity (Wildman–Crippen MR) is 91.6 cm³/mol. The summed E-state index contributed by atoms with van der Waals surface area (Å²) in [6.45, 7) is 8.22. The van der Waals surface area contributed by atoms with Crippen LogP contribution in [0.3, 0.4) is 0 Å². The number of nitrogens with one attached hydrogen (secondary N) is 1. The fourth-order valence-electron chi connectivity index (χ4n) is 3.50. The number of rotatable bonds is 8. The summed E-state index contributed by atoms with van der Waals surface area (Å²) in [4.78, 5) is 2.73. The molecule has 2 heteroatoms. The normalized spacial score (nSPS) is 21.3. The van der Waals surface area contributed by atoms with E-state index in [0.717, 1.165) is 12.6 Å². The Bertz CT molecular complexity index is 376. The van der Waals surface area contributed by atoms with Crippen molar-refractivity contribution in [1.82, 2.24) is 10.2 Å². The van der Waals surface area contributed by atoms with Crippen LogP contribution in [0.25, 0.3) is 0 Å². The van der Waals surface area contributed by atoms with E-state index in [9.17, 15) is 0 Å². The molecule has 1 N–H and O–H groups in total. The van der Waals surface area contributed by atoms with Gasteiger partial charge in [0, 0.05) is 18.6 Å². The maximum atomic E-state index is 3.73. The Balaban J connectivity index is 1.92. The van der Waals surface area contributed by atoms with Crippen LogP contribution in [0, 0.1) is 0 Å². The molecular formula is C19H32N2. The quantitative estimate of drug-likeness (QED) is 0.763. The van der Waals surface area contributed by atoms with E-state index in [4.69, 9.17) is 0 Å². The van der Waals surface area contributed by atoms with Crippen molar-refractivity contribution in [3.8, 4) is 0 Å². The van der Waals surface area contributed by atoms with E-state index in [-0.39, 0.29) is 0 Å². The molecule has 0 bridgehead atoms. The van der Waals surface area contributed by atoms with Crippen molar-refractivity contribution in [2.45, 2.75) is 64.5 Å². The zero-order valence-electron chi connectivity index (χ0n) is 13.9. The molecule has 0 saturated carbocycles. The van der Waals surface area contributed by atoms with Gasteiger partial charge in [-0.15, -0.1) is 0 Å². The van der Waals surface area contributed by atoms with Gasteiger partial charge in [-0.05, 0) is 50.8 Å². The molecule has 1 aliphatic heterocycles. The Morgan fingerprint density at radius 2 is 2.00 bits per heavy atom. The van der Waals surface area contributed by atoms with Crippen molar-refractivity contribution in [2.75, 3.05) is 19.6 Å². The lowest BCUT2D eigenvalue weighted by Gasteiger charge is -2.36. The van der Waals surface area contributed by atoms with Crippen LogP contribution in [-0.2, 0) is 0 Å². The molecule has 2 rings (SSSR count). The zero-order chi connectivity index (χ0) is 14.9. The van der Waals surface area contributed by atoms with Crippen LogP contribution >= 0.6 is 0 Å². The average Bonchev–Trinajstić information content (AvgIpc) is 2.56. The highest BCUT2D eigenvalue weighted by Gasteiger charge is 2.21. The predicted octanol–water partition coefficient (Wildman–Crippen LogP) is 4.38. The number of benzene rings is 1. The Morgan fingerprint density at radius 3 is 2.71 bits per heavy atom. The average molecular weight is 288 g/mol. The van der Waals surface area contributed by atoms with Crippen LogP contribution in [0.15, 0.2) is 30.3 Å². The molecule has 2 unspecified atom stereocenters. The van der Waals surface area contributed by atoms with Crippen molar-refractivity contribution in [2.24, 2.45) is 0 Å².